The van der Waals surface area contributed by atoms with Gasteiger partial charge in [0.05, 0.1) is 5.57 Å². The molecule has 5 rings (SSSR count). The molecule has 4 nitrogen and oxygen atoms in total. The molecule has 0 aliphatic carbocycles. The predicted octanol–water partition coefficient (Wildman–Crippen LogP) is 2.78. The maximum absolute atomic E-state index is 14.7. The average molecular weight is 308 g/mol. The van der Waals surface area contributed by atoms with Gasteiger partial charge in [-0.2, -0.15) is 0 Å². The zero-order valence-corrected chi connectivity index (χ0v) is 12.0. The second-order valence-electron chi connectivity index (χ2n) is 5.67. The smallest absolute Gasteiger partial charge is 0.396 e. The molecule has 2 aliphatic heterocycles. The Hall–Kier alpha value is -2.96. The molecule has 112 valence electrons. The number of rotatable bonds is 1. The van der Waals surface area contributed by atoms with Crippen LogP contribution in [0, 0.1) is 0 Å². The van der Waals surface area contributed by atoms with Crippen LogP contribution in [-0.2, 0) is 0 Å². The quantitative estimate of drug-likeness (QED) is 0.635. The summed E-state index contributed by atoms with van der Waals surface area (Å²) in [5.41, 5.74) is 3.50. The van der Waals surface area contributed by atoms with Gasteiger partial charge in [0.25, 0.3) is 0 Å². The van der Waals surface area contributed by atoms with E-state index in [0.717, 1.165) is 25.7 Å². The van der Waals surface area contributed by atoms with Crippen molar-refractivity contribution in [3.05, 3.63) is 78.2 Å². The summed E-state index contributed by atoms with van der Waals surface area (Å²) >= 11 is 0. The second kappa shape index (κ2) is 4.07. The molecule has 0 amide bonds. The molecule has 0 saturated heterocycles. The van der Waals surface area contributed by atoms with Gasteiger partial charge in [-0.15, -0.1) is 0 Å². The van der Waals surface area contributed by atoms with Gasteiger partial charge in [0.1, 0.15) is 11.9 Å². The van der Waals surface area contributed by atoms with E-state index in [0.29, 0.717) is 11.4 Å². The van der Waals surface area contributed by atoms with Crippen molar-refractivity contribution in [1.29, 1.82) is 0 Å². The molecule has 0 radical (unpaired) electrons. The summed E-state index contributed by atoms with van der Waals surface area (Å²) in [5, 5.41) is 0. The van der Waals surface area contributed by atoms with Crippen LogP contribution in [0.25, 0.3) is 11.2 Å². The van der Waals surface area contributed by atoms with Crippen molar-refractivity contribution in [1.82, 2.24) is 13.9 Å². The van der Waals surface area contributed by atoms with E-state index in [4.69, 9.17) is 0 Å². The molecule has 23 heavy (non-hydrogen) atoms. The highest BCUT2D eigenvalue weighted by Gasteiger charge is 2.51. The Morgan fingerprint density at radius 3 is 2.96 bits per heavy atom. The maximum atomic E-state index is 14.7. The third-order valence-corrected chi connectivity index (χ3v) is 4.43. The largest absolute Gasteiger partial charge is 0.737 e. The Labute approximate surface area is 130 Å². The molecule has 0 N–H and O–H groups in total. The first-order valence-electron chi connectivity index (χ1n) is 7.33. The fraction of sp³-hybridized carbons (Fsp3) is 0. The molecule has 0 unspecified atom stereocenters. The summed E-state index contributed by atoms with van der Waals surface area (Å²) in [7, 11) is 0. The molecule has 0 spiro atoms. The van der Waals surface area contributed by atoms with E-state index in [-0.39, 0.29) is 0 Å². The van der Waals surface area contributed by atoms with Crippen LogP contribution in [-0.4, -0.2) is 31.5 Å². The van der Waals surface area contributed by atoms with Gasteiger partial charge in [-0.05, 0) is 36.0 Å². The minimum Gasteiger partial charge on any atom is -0.396 e. The van der Waals surface area contributed by atoms with E-state index >= 15 is 0 Å². The van der Waals surface area contributed by atoms with Crippen LogP contribution < -0.4 is 0 Å². The van der Waals surface area contributed by atoms with Crippen LogP contribution >= 0.6 is 0 Å². The monoisotopic (exact) mass is 308 g/mol. The van der Waals surface area contributed by atoms with E-state index in [1.165, 1.54) is 12.4 Å². The highest BCUT2D eigenvalue weighted by atomic mass is 19.2. The normalized spacial score (nSPS) is 18.3. The zero-order valence-electron chi connectivity index (χ0n) is 12.0. The molecule has 0 fully saturated rings. The van der Waals surface area contributed by atoms with Crippen molar-refractivity contribution in [2.24, 2.45) is 0 Å². The van der Waals surface area contributed by atoms with Gasteiger partial charge in [-0.1, -0.05) is 0 Å². The lowest BCUT2D eigenvalue weighted by Gasteiger charge is -2.30. The number of fused-ring (bicyclic) bond motifs is 3. The summed E-state index contributed by atoms with van der Waals surface area (Å²) in [6, 6.07) is 7.23. The number of hydrogen-bond donors (Lipinski definition) is 0. The Balaban J connectivity index is 1.84. The Morgan fingerprint density at radius 2 is 2.04 bits per heavy atom. The molecule has 3 aromatic heterocycles. The molecule has 5 heterocycles. The van der Waals surface area contributed by atoms with Crippen LogP contribution in [0.4, 0.5) is 8.63 Å². The van der Waals surface area contributed by atoms with E-state index in [2.05, 4.69) is 4.98 Å². The van der Waals surface area contributed by atoms with Crippen molar-refractivity contribution < 1.29 is 13.1 Å². The summed E-state index contributed by atoms with van der Waals surface area (Å²) < 4.78 is 33.4. The summed E-state index contributed by atoms with van der Waals surface area (Å²) in [4.78, 5) is 4.28. The van der Waals surface area contributed by atoms with E-state index < -0.39 is 6.97 Å². The SMILES string of the molecule is F[B-]1(F)n2cccc2C(c2ccn3ccnc3c2)=C2C=CC=[N+]21. The molecule has 2 aliphatic rings. The standard InChI is InChI=1S/C16H11BF2N4/c18-17(19)22-7-1-3-13(22)16(14-4-2-8-23(14)17)12-5-9-21-10-6-20-15(21)11-12/h1-11H. The fourth-order valence-electron chi connectivity index (χ4n) is 3.38. The molecule has 3 aromatic rings. The van der Waals surface area contributed by atoms with Crippen molar-refractivity contribution in [3.8, 4) is 0 Å². The van der Waals surface area contributed by atoms with Gasteiger partial charge in [-0.25, -0.2) is 4.98 Å². The lowest BCUT2D eigenvalue weighted by Crippen LogP contribution is -2.49. The number of halogens is 2. The molecule has 0 atom stereocenters. The third-order valence-electron chi connectivity index (χ3n) is 4.43. The van der Waals surface area contributed by atoms with Crippen LogP contribution in [0.3, 0.4) is 0 Å². The number of hydrogen-bond acceptors (Lipinski definition) is 1. The number of nitrogens with zero attached hydrogens (tertiary/aromatic N) is 4. The van der Waals surface area contributed by atoms with Gasteiger partial charge in [0.2, 0.25) is 0 Å². The molecule has 0 bridgehead atoms. The zero-order chi connectivity index (χ0) is 15.6. The van der Waals surface area contributed by atoms with Crippen LogP contribution in [0.15, 0.2) is 66.9 Å². The Kier molecular flexibility index (Phi) is 2.22. The van der Waals surface area contributed by atoms with Crippen LogP contribution in [0.1, 0.15) is 11.3 Å². The predicted molar refractivity (Wildman–Crippen MR) is 84.5 cm³/mol. The Morgan fingerprint density at radius 1 is 1.13 bits per heavy atom. The first-order chi connectivity index (χ1) is 11.2. The number of allylic oxidation sites excluding steroid dienone is 2. The summed E-state index contributed by atoms with van der Waals surface area (Å²) in [6.07, 6.45) is 11.7. The van der Waals surface area contributed by atoms with Crippen molar-refractivity contribution in [2.75, 3.05) is 0 Å². The van der Waals surface area contributed by atoms with Gasteiger partial charge in [0, 0.05) is 36.4 Å². The van der Waals surface area contributed by atoms with Crippen molar-refractivity contribution in [3.63, 3.8) is 0 Å². The topological polar surface area (TPSA) is 25.2 Å². The van der Waals surface area contributed by atoms with Gasteiger partial charge >= 0.3 is 6.97 Å². The van der Waals surface area contributed by atoms with Gasteiger partial charge < -0.3 is 22.0 Å². The second-order valence-corrected chi connectivity index (χ2v) is 5.67. The molecular formula is C16H11BF2N4. The first kappa shape index (κ1) is 12.6. The van der Waals surface area contributed by atoms with E-state index in [9.17, 15) is 8.63 Å². The third kappa shape index (κ3) is 1.53. The van der Waals surface area contributed by atoms with Crippen LogP contribution in [0.2, 0.25) is 0 Å². The minimum atomic E-state index is -3.85. The maximum Gasteiger partial charge on any atom is 0.737 e. The first-order valence-corrected chi connectivity index (χ1v) is 7.33. The average Bonchev–Trinajstić information content (AvgIpc) is 3.27. The summed E-state index contributed by atoms with van der Waals surface area (Å²) in [6.45, 7) is -3.85. The highest BCUT2D eigenvalue weighted by Crippen LogP contribution is 2.38. The Bertz CT molecular complexity index is 1050. The summed E-state index contributed by atoms with van der Waals surface area (Å²) in [5.74, 6) is 0. The number of aromatic nitrogens is 3. The van der Waals surface area contributed by atoms with Gasteiger partial charge in [-0.3, -0.25) is 0 Å². The van der Waals surface area contributed by atoms with Gasteiger partial charge in [0.15, 0.2) is 5.70 Å². The van der Waals surface area contributed by atoms with Crippen LogP contribution in [0.5, 0.6) is 0 Å². The minimum absolute atomic E-state index is 0.525. The van der Waals surface area contributed by atoms with Crippen molar-refractivity contribution in [2.45, 2.75) is 0 Å². The lowest BCUT2D eigenvalue weighted by atomic mass is 9.87. The lowest BCUT2D eigenvalue weighted by molar-refractivity contribution is -0.356. The molecule has 0 saturated carbocycles. The van der Waals surface area contributed by atoms with Crippen molar-refractivity contribution >= 4 is 24.4 Å². The van der Waals surface area contributed by atoms with E-state index in [1.807, 2.05) is 28.9 Å². The number of pyridine rings is 1. The fourth-order valence-corrected chi connectivity index (χ4v) is 3.38. The van der Waals surface area contributed by atoms with E-state index in [1.54, 1.807) is 30.5 Å². The molecular weight excluding hydrogens is 297 g/mol. The molecule has 0 aromatic carbocycles. The highest BCUT2D eigenvalue weighted by molar-refractivity contribution is 6.57. The molecule has 7 heteroatoms. The number of imidazole rings is 1.